The third-order valence-corrected chi connectivity index (χ3v) is 3.94. The molecule has 1 amide bonds. The molecule has 5 nitrogen and oxygen atoms in total. The molecule has 0 saturated carbocycles. The van der Waals surface area contributed by atoms with Crippen LogP contribution in [0.5, 0.6) is 5.75 Å². The monoisotopic (exact) mass is 277 g/mol. The second-order valence-electron chi connectivity index (χ2n) is 5.45. The SMILES string of the molecule is COc1cc(N)ccc1C(=O)N1CCC(N(C)C)CC1. The maximum Gasteiger partial charge on any atom is 0.257 e. The van der Waals surface area contributed by atoms with Crippen LogP contribution in [0.25, 0.3) is 0 Å². The van der Waals surface area contributed by atoms with E-state index in [1.165, 1.54) is 0 Å². The predicted octanol–water partition coefficient (Wildman–Crippen LogP) is 1.44. The Morgan fingerprint density at radius 2 is 2.00 bits per heavy atom. The van der Waals surface area contributed by atoms with Crippen molar-refractivity contribution in [1.82, 2.24) is 9.80 Å². The molecule has 1 aromatic carbocycles. The lowest BCUT2D eigenvalue weighted by molar-refractivity contribution is 0.0660. The second-order valence-corrected chi connectivity index (χ2v) is 5.45. The zero-order chi connectivity index (χ0) is 14.7. The molecule has 1 aliphatic rings. The van der Waals surface area contributed by atoms with Crippen LogP contribution >= 0.6 is 0 Å². The Hall–Kier alpha value is -1.75. The average molecular weight is 277 g/mol. The first-order valence-corrected chi connectivity index (χ1v) is 6.92. The third-order valence-electron chi connectivity index (χ3n) is 3.94. The summed E-state index contributed by atoms with van der Waals surface area (Å²) in [6.07, 6.45) is 2.02. The highest BCUT2D eigenvalue weighted by atomic mass is 16.5. The summed E-state index contributed by atoms with van der Waals surface area (Å²) < 4.78 is 5.26. The van der Waals surface area contributed by atoms with Gasteiger partial charge in [0.05, 0.1) is 12.7 Å². The molecular formula is C15H23N3O2. The van der Waals surface area contributed by atoms with Gasteiger partial charge in [-0.1, -0.05) is 0 Å². The highest BCUT2D eigenvalue weighted by Crippen LogP contribution is 2.24. The Morgan fingerprint density at radius 3 is 2.55 bits per heavy atom. The van der Waals surface area contributed by atoms with Gasteiger partial charge < -0.3 is 20.3 Å². The van der Waals surface area contributed by atoms with E-state index in [-0.39, 0.29) is 5.91 Å². The standard InChI is InChI=1S/C15H23N3O2/c1-17(2)12-6-8-18(9-7-12)15(19)13-5-4-11(16)10-14(13)20-3/h4-5,10,12H,6-9,16H2,1-3H3. The number of methoxy groups -OCH3 is 1. The topological polar surface area (TPSA) is 58.8 Å². The summed E-state index contributed by atoms with van der Waals surface area (Å²) in [5, 5.41) is 0. The molecule has 2 rings (SSSR count). The van der Waals surface area contributed by atoms with Crippen molar-refractivity contribution in [2.24, 2.45) is 0 Å². The fourth-order valence-electron chi connectivity index (χ4n) is 2.64. The molecule has 1 saturated heterocycles. The Kier molecular flexibility index (Phi) is 4.49. The van der Waals surface area contributed by atoms with Gasteiger partial charge in [0.15, 0.2) is 0 Å². The van der Waals surface area contributed by atoms with Gasteiger partial charge in [0.2, 0.25) is 0 Å². The zero-order valence-electron chi connectivity index (χ0n) is 12.4. The highest BCUT2D eigenvalue weighted by Gasteiger charge is 2.26. The molecule has 0 atom stereocenters. The number of carbonyl (C=O) groups is 1. The lowest BCUT2D eigenvalue weighted by Crippen LogP contribution is -2.44. The summed E-state index contributed by atoms with van der Waals surface area (Å²) in [7, 11) is 5.74. The number of likely N-dealkylation sites (tertiary alicyclic amines) is 1. The van der Waals surface area contributed by atoms with Gasteiger partial charge in [-0.25, -0.2) is 0 Å². The fraction of sp³-hybridized carbons (Fsp3) is 0.533. The quantitative estimate of drug-likeness (QED) is 0.849. The number of piperidine rings is 1. The van der Waals surface area contributed by atoms with Gasteiger partial charge in [0, 0.05) is 30.9 Å². The van der Waals surface area contributed by atoms with Crippen LogP contribution in [0, 0.1) is 0 Å². The summed E-state index contributed by atoms with van der Waals surface area (Å²) in [5.41, 5.74) is 6.91. The summed E-state index contributed by atoms with van der Waals surface area (Å²) in [4.78, 5) is 16.7. The Balaban J connectivity index is 2.09. The molecule has 0 aliphatic carbocycles. The van der Waals surface area contributed by atoms with Gasteiger partial charge in [0.25, 0.3) is 5.91 Å². The van der Waals surface area contributed by atoms with Gasteiger partial charge >= 0.3 is 0 Å². The number of amides is 1. The Bertz CT molecular complexity index is 480. The van der Waals surface area contributed by atoms with Crippen LogP contribution in [-0.2, 0) is 0 Å². The molecule has 1 aromatic rings. The number of nitrogen functional groups attached to an aromatic ring is 1. The number of benzene rings is 1. The molecule has 1 heterocycles. The molecule has 110 valence electrons. The zero-order valence-corrected chi connectivity index (χ0v) is 12.4. The van der Waals surface area contributed by atoms with Gasteiger partial charge in [-0.05, 0) is 39.1 Å². The molecule has 0 radical (unpaired) electrons. The summed E-state index contributed by atoms with van der Waals surface area (Å²) >= 11 is 0. The number of carbonyl (C=O) groups excluding carboxylic acids is 1. The molecule has 5 heteroatoms. The van der Waals surface area contributed by atoms with Crippen molar-refractivity contribution in [2.45, 2.75) is 18.9 Å². The lowest BCUT2D eigenvalue weighted by Gasteiger charge is -2.35. The Labute approximate surface area is 120 Å². The van der Waals surface area contributed by atoms with E-state index < -0.39 is 0 Å². The summed E-state index contributed by atoms with van der Waals surface area (Å²) in [6, 6.07) is 5.74. The van der Waals surface area contributed by atoms with E-state index in [9.17, 15) is 4.79 Å². The van der Waals surface area contributed by atoms with Crippen molar-refractivity contribution >= 4 is 11.6 Å². The molecule has 1 aliphatic heterocycles. The van der Waals surface area contributed by atoms with Crippen LogP contribution in [0.2, 0.25) is 0 Å². The number of anilines is 1. The van der Waals surface area contributed by atoms with E-state index in [0.29, 0.717) is 23.0 Å². The molecule has 20 heavy (non-hydrogen) atoms. The van der Waals surface area contributed by atoms with Gasteiger partial charge in [-0.3, -0.25) is 4.79 Å². The van der Waals surface area contributed by atoms with Gasteiger partial charge in [-0.2, -0.15) is 0 Å². The van der Waals surface area contributed by atoms with Crippen molar-refractivity contribution in [2.75, 3.05) is 40.0 Å². The second kappa shape index (κ2) is 6.13. The van der Waals surface area contributed by atoms with Crippen molar-refractivity contribution in [3.63, 3.8) is 0 Å². The van der Waals surface area contributed by atoms with Crippen molar-refractivity contribution in [3.8, 4) is 5.75 Å². The van der Waals surface area contributed by atoms with E-state index in [0.717, 1.165) is 25.9 Å². The first-order chi connectivity index (χ1) is 9.52. The van der Waals surface area contributed by atoms with Crippen molar-refractivity contribution in [3.05, 3.63) is 23.8 Å². The first-order valence-electron chi connectivity index (χ1n) is 6.92. The summed E-state index contributed by atoms with van der Waals surface area (Å²) in [6.45, 7) is 1.57. The molecule has 0 unspecified atom stereocenters. The number of nitrogens with zero attached hydrogens (tertiary/aromatic N) is 2. The third kappa shape index (κ3) is 3.04. The molecule has 0 aromatic heterocycles. The fourth-order valence-corrected chi connectivity index (χ4v) is 2.64. The smallest absolute Gasteiger partial charge is 0.257 e. The van der Waals surface area contributed by atoms with E-state index >= 15 is 0 Å². The predicted molar refractivity (Wildman–Crippen MR) is 80.0 cm³/mol. The van der Waals surface area contributed by atoms with E-state index in [2.05, 4.69) is 19.0 Å². The largest absolute Gasteiger partial charge is 0.496 e. The van der Waals surface area contributed by atoms with E-state index in [1.807, 2.05) is 4.90 Å². The van der Waals surface area contributed by atoms with Crippen LogP contribution in [-0.4, -0.2) is 56.0 Å². The molecular weight excluding hydrogens is 254 g/mol. The van der Waals surface area contributed by atoms with Crippen molar-refractivity contribution < 1.29 is 9.53 Å². The Morgan fingerprint density at radius 1 is 1.35 bits per heavy atom. The minimum absolute atomic E-state index is 0.0269. The number of hydrogen-bond acceptors (Lipinski definition) is 4. The van der Waals surface area contributed by atoms with E-state index in [1.54, 1.807) is 25.3 Å². The van der Waals surface area contributed by atoms with E-state index in [4.69, 9.17) is 10.5 Å². The molecule has 2 N–H and O–H groups in total. The van der Waals surface area contributed by atoms with Crippen molar-refractivity contribution in [1.29, 1.82) is 0 Å². The van der Waals surface area contributed by atoms with Crippen LogP contribution in [0.4, 0.5) is 5.69 Å². The van der Waals surface area contributed by atoms with Crippen LogP contribution in [0.15, 0.2) is 18.2 Å². The van der Waals surface area contributed by atoms with Gasteiger partial charge in [-0.15, -0.1) is 0 Å². The lowest BCUT2D eigenvalue weighted by atomic mass is 10.0. The molecule has 1 fully saturated rings. The number of nitrogens with two attached hydrogens (primary N) is 1. The minimum atomic E-state index is 0.0269. The molecule has 0 bridgehead atoms. The maximum atomic E-state index is 12.6. The highest BCUT2D eigenvalue weighted by molar-refractivity contribution is 5.97. The molecule has 0 spiro atoms. The number of ether oxygens (including phenoxy) is 1. The van der Waals surface area contributed by atoms with Gasteiger partial charge in [0.1, 0.15) is 5.75 Å². The number of hydrogen-bond donors (Lipinski definition) is 1. The normalized spacial score (nSPS) is 16.5. The average Bonchev–Trinajstić information content (AvgIpc) is 2.46. The maximum absolute atomic E-state index is 12.6. The van der Waals surface area contributed by atoms with Crippen LogP contribution in [0.3, 0.4) is 0 Å². The number of rotatable bonds is 3. The minimum Gasteiger partial charge on any atom is -0.496 e. The first kappa shape index (κ1) is 14.7. The van der Waals surface area contributed by atoms with Crippen LogP contribution < -0.4 is 10.5 Å². The van der Waals surface area contributed by atoms with Crippen LogP contribution in [0.1, 0.15) is 23.2 Å². The summed E-state index contributed by atoms with van der Waals surface area (Å²) in [5.74, 6) is 0.573.